The first-order valence-corrected chi connectivity index (χ1v) is 6.10. The summed E-state index contributed by atoms with van der Waals surface area (Å²) < 4.78 is 15.0. The lowest BCUT2D eigenvalue weighted by atomic mass is 10.2. The zero-order valence-corrected chi connectivity index (χ0v) is 9.57. The van der Waals surface area contributed by atoms with Gasteiger partial charge in [0, 0.05) is 21.8 Å². The van der Waals surface area contributed by atoms with Crippen molar-refractivity contribution in [1.29, 1.82) is 0 Å². The fourth-order valence-electron chi connectivity index (χ4n) is 2.13. The third-order valence-electron chi connectivity index (χ3n) is 2.80. The number of benzene rings is 2. The molecule has 0 amide bonds. The summed E-state index contributed by atoms with van der Waals surface area (Å²) in [5.41, 5.74) is 2.04. The van der Waals surface area contributed by atoms with Crippen molar-refractivity contribution in [2.45, 2.75) is 0 Å². The molecule has 0 aliphatic heterocycles. The highest BCUT2D eigenvalue weighted by Crippen LogP contribution is 2.27. The van der Waals surface area contributed by atoms with Gasteiger partial charge in [-0.3, -0.25) is 4.11 Å². The number of para-hydroxylation sites is 2. The summed E-state index contributed by atoms with van der Waals surface area (Å²) in [6.07, 6.45) is 0. The minimum absolute atomic E-state index is 1.02. The van der Waals surface area contributed by atoms with Gasteiger partial charge in [0.05, 0.1) is 0 Å². The van der Waals surface area contributed by atoms with Gasteiger partial charge in [-0.05, 0) is 12.1 Å². The molecule has 3 rings (SSSR count). The molecule has 0 saturated carbocycles. The Hall–Kier alpha value is -1.61. The van der Waals surface area contributed by atoms with Crippen LogP contribution in [0.3, 0.4) is 0 Å². The first kappa shape index (κ1) is 8.68. The number of halogens is 1. The Morgan fingerprint density at radius 3 is 1.73 bits per heavy atom. The van der Waals surface area contributed by atoms with E-state index in [0.717, 1.165) is 21.8 Å². The van der Waals surface area contributed by atoms with Crippen molar-refractivity contribution in [1.82, 2.24) is 4.23 Å². The molecule has 74 valence electrons. The molecule has 0 bridgehead atoms. The minimum Gasteiger partial charge on any atom is -0.346 e. The number of hydrogen-bond donors (Lipinski definition) is 0. The summed E-state index contributed by atoms with van der Waals surface area (Å²) >= 11 is 0. The first-order chi connectivity index (χ1) is 7.42. The maximum Gasteiger partial charge on any atom is 0.323 e. The maximum absolute atomic E-state index is 13.1. The van der Waals surface area contributed by atoms with Gasteiger partial charge in [-0.2, -0.15) is 0 Å². The van der Waals surface area contributed by atoms with Crippen LogP contribution in [0.5, 0.6) is 0 Å². The third-order valence-corrected chi connectivity index (χ3v) is 3.72. The Balaban J connectivity index is 2.62. The number of hydrogen-bond acceptors (Lipinski definition) is 0. The second-order valence-electron chi connectivity index (χ2n) is 3.58. The predicted octanol–water partition coefficient (Wildman–Crippen LogP) is 2.61. The molecule has 0 unspecified atom stereocenters. The van der Waals surface area contributed by atoms with Gasteiger partial charge in [0.25, 0.3) is 0 Å². The predicted molar refractivity (Wildman–Crippen MR) is 64.5 cm³/mol. The van der Waals surface area contributed by atoms with Gasteiger partial charge in [-0.1, -0.05) is 36.4 Å². The number of fused-ring (bicyclic) bond motifs is 3. The van der Waals surface area contributed by atoms with Crippen molar-refractivity contribution in [3.8, 4) is 0 Å². The van der Waals surface area contributed by atoms with E-state index in [1.165, 1.54) is 0 Å². The number of nitrogens with zero attached hydrogens (tertiary/aromatic N) is 1. The van der Waals surface area contributed by atoms with Crippen LogP contribution in [0.15, 0.2) is 48.5 Å². The fourth-order valence-corrected chi connectivity index (χ4v) is 2.94. The van der Waals surface area contributed by atoms with Gasteiger partial charge >= 0.3 is 10.0 Å². The van der Waals surface area contributed by atoms with E-state index in [-0.39, 0.29) is 0 Å². The zero-order chi connectivity index (χ0) is 10.3. The van der Waals surface area contributed by atoms with E-state index in [4.69, 9.17) is 0 Å². The Kier molecular flexibility index (Phi) is 1.85. The Morgan fingerprint density at radius 2 is 1.27 bits per heavy atom. The van der Waals surface area contributed by atoms with E-state index in [1.807, 2.05) is 40.6 Å². The molecule has 2 aromatic carbocycles. The molecule has 0 spiro atoms. The monoisotopic (exact) mass is 215 g/mol. The molecule has 0 aliphatic carbocycles. The normalized spacial score (nSPS) is 12.1. The molecule has 1 aromatic heterocycles. The van der Waals surface area contributed by atoms with Gasteiger partial charge in [-0.15, -0.1) is 0 Å². The smallest absolute Gasteiger partial charge is 0.323 e. The molecule has 3 heteroatoms. The van der Waals surface area contributed by atoms with Crippen molar-refractivity contribution < 1.29 is 4.11 Å². The van der Waals surface area contributed by atoms with Crippen molar-refractivity contribution in [3.05, 3.63) is 48.5 Å². The molecular formula is C12H10FNSi. The lowest BCUT2D eigenvalue weighted by Crippen LogP contribution is -1.98. The Labute approximate surface area is 89.2 Å². The summed E-state index contributed by atoms with van der Waals surface area (Å²) in [5.74, 6) is 0. The lowest BCUT2D eigenvalue weighted by Gasteiger charge is -1.98. The molecule has 0 aliphatic rings. The van der Waals surface area contributed by atoms with Gasteiger partial charge in [0.2, 0.25) is 0 Å². The van der Waals surface area contributed by atoms with E-state index in [1.54, 1.807) is 0 Å². The van der Waals surface area contributed by atoms with Crippen LogP contribution in [-0.2, 0) is 0 Å². The first-order valence-electron chi connectivity index (χ1n) is 4.94. The molecule has 0 radical (unpaired) electrons. The third kappa shape index (κ3) is 1.13. The highest BCUT2D eigenvalue weighted by atomic mass is 28.3. The summed E-state index contributed by atoms with van der Waals surface area (Å²) in [6, 6.07) is 16.0. The van der Waals surface area contributed by atoms with Gasteiger partial charge in [0.15, 0.2) is 0 Å². The van der Waals surface area contributed by atoms with Crippen LogP contribution in [0.2, 0.25) is 0 Å². The molecule has 0 N–H and O–H groups in total. The summed E-state index contributed by atoms with van der Waals surface area (Å²) in [7, 11) is -1.69. The second kappa shape index (κ2) is 3.20. The van der Waals surface area contributed by atoms with Gasteiger partial charge in [-0.25, -0.2) is 0 Å². The fraction of sp³-hybridized carbons (Fsp3) is 0. The van der Waals surface area contributed by atoms with Crippen LogP contribution in [0.4, 0.5) is 4.11 Å². The van der Waals surface area contributed by atoms with E-state index >= 15 is 0 Å². The standard InChI is InChI=1S/C12H10FNSi/c13-15-14-11-7-3-1-5-9(11)10-6-2-4-8-12(10)14/h1-8H,15H2. The van der Waals surface area contributed by atoms with Gasteiger partial charge < -0.3 is 4.23 Å². The highest BCUT2D eigenvalue weighted by Gasteiger charge is 2.08. The van der Waals surface area contributed by atoms with Crippen molar-refractivity contribution in [2.75, 3.05) is 0 Å². The topological polar surface area (TPSA) is 4.93 Å². The Bertz CT molecular complexity index is 576. The SMILES string of the molecule is F[SiH2]n1c2ccccc2c2ccccc21. The molecule has 3 aromatic rings. The largest absolute Gasteiger partial charge is 0.346 e. The molecule has 0 saturated heterocycles. The number of aromatic nitrogens is 1. The maximum atomic E-state index is 13.1. The van der Waals surface area contributed by atoms with Crippen LogP contribution < -0.4 is 0 Å². The second-order valence-corrected chi connectivity index (χ2v) is 4.45. The van der Waals surface area contributed by atoms with E-state index in [9.17, 15) is 4.11 Å². The quantitative estimate of drug-likeness (QED) is 0.434. The van der Waals surface area contributed by atoms with Crippen LogP contribution in [-0.4, -0.2) is 14.2 Å². The average Bonchev–Trinajstić information content (AvgIpc) is 2.63. The van der Waals surface area contributed by atoms with E-state index in [2.05, 4.69) is 12.1 Å². The van der Waals surface area contributed by atoms with Crippen molar-refractivity contribution in [3.63, 3.8) is 0 Å². The minimum atomic E-state index is -1.69. The van der Waals surface area contributed by atoms with Crippen molar-refractivity contribution in [2.24, 2.45) is 0 Å². The van der Waals surface area contributed by atoms with Crippen LogP contribution in [0.1, 0.15) is 0 Å². The number of rotatable bonds is 1. The molecule has 15 heavy (non-hydrogen) atoms. The highest BCUT2D eigenvalue weighted by molar-refractivity contribution is 6.32. The van der Waals surface area contributed by atoms with E-state index < -0.39 is 10.0 Å². The zero-order valence-electron chi connectivity index (χ0n) is 8.15. The Morgan fingerprint density at radius 1 is 0.800 bits per heavy atom. The molecular weight excluding hydrogens is 205 g/mol. The molecule has 1 heterocycles. The summed E-state index contributed by atoms with van der Waals surface area (Å²) in [5, 5.41) is 2.30. The summed E-state index contributed by atoms with van der Waals surface area (Å²) in [6.45, 7) is 0. The van der Waals surface area contributed by atoms with Crippen molar-refractivity contribution >= 4 is 31.8 Å². The molecule has 1 nitrogen and oxygen atoms in total. The summed E-state index contributed by atoms with van der Waals surface area (Å²) in [4.78, 5) is 0. The molecule has 0 fully saturated rings. The molecule has 0 atom stereocenters. The van der Waals surface area contributed by atoms with Gasteiger partial charge in [0.1, 0.15) is 0 Å². The van der Waals surface area contributed by atoms with Crippen LogP contribution in [0.25, 0.3) is 21.8 Å². The average molecular weight is 215 g/mol. The van der Waals surface area contributed by atoms with Crippen LogP contribution >= 0.6 is 0 Å². The van der Waals surface area contributed by atoms with Crippen LogP contribution in [0, 0.1) is 0 Å². The lowest BCUT2D eigenvalue weighted by molar-refractivity contribution is 0.846. The van der Waals surface area contributed by atoms with E-state index in [0.29, 0.717) is 0 Å².